The summed E-state index contributed by atoms with van der Waals surface area (Å²) in [5, 5.41) is 0. The zero-order chi connectivity index (χ0) is 10.7. The van der Waals surface area contributed by atoms with Crippen molar-refractivity contribution in [2.75, 3.05) is 5.73 Å². The summed E-state index contributed by atoms with van der Waals surface area (Å²) in [5.74, 6) is 0.843. The van der Waals surface area contributed by atoms with E-state index in [2.05, 4.69) is 9.97 Å². The molecule has 15 heavy (non-hydrogen) atoms. The molecule has 0 bridgehead atoms. The van der Waals surface area contributed by atoms with Crippen molar-refractivity contribution in [3.05, 3.63) is 42.4 Å². The van der Waals surface area contributed by atoms with Crippen molar-refractivity contribution < 1.29 is 0 Å². The molecule has 76 valence electrons. The van der Waals surface area contributed by atoms with E-state index in [1.165, 1.54) is 0 Å². The molecule has 3 nitrogen and oxygen atoms in total. The Labute approximate surface area is 89.0 Å². The van der Waals surface area contributed by atoms with Gasteiger partial charge in [0, 0.05) is 23.9 Å². The number of hydrogen-bond acceptors (Lipinski definition) is 3. The van der Waals surface area contributed by atoms with E-state index in [9.17, 15) is 0 Å². The summed E-state index contributed by atoms with van der Waals surface area (Å²) in [6.45, 7) is 2.04. The number of benzene rings is 1. The zero-order valence-corrected chi connectivity index (χ0v) is 8.64. The van der Waals surface area contributed by atoms with Gasteiger partial charge in [-0.25, -0.2) is 9.97 Å². The molecule has 0 unspecified atom stereocenters. The van der Waals surface area contributed by atoms with Crippen molar-refractivity contribution in [1.82, 2.24) is 9.97 Å². The lowest BCUT2D eigenvalue weighted by atomic mass is 10.1. The predicted octanol–water partition coefficient (Wildman–Crippen LogP) is 2.29. The molecule has 3 heteroatoms. The largest absolute Gasteiger partial charge is 0.398 e. The van der Waals surface area contributed by atoms with Crippen LogP contribution in [-0.4, -0.2) is 9.97 Å². The summed E-state index contributed by atoms with van der Waals surface area (Å²) in [7, 11) is 0. The SMILES string of the molecule is CCc1nccc(-c2ccccc2N)n1. The molecule has 1 aromatic heterocycles. The van der Waals surface area contributed by atoms with Gasteiger partial charge in [0.25, 0.3) is 0 Å². The molecule has 0 aliphatic rings. The maximum Gasteiger partial charge on any atom is 0.128 e. The Kier molecular flexibility index (Phi) is 2.63. The van der Waals surface area contributed by atoms with E-state index in [0.717, 1.165) is 29.2 Å². The van der Waals surface area contributed by atoms with Gasteiger partial charge in [0.15, 0.2) is 0 Å². The van der Waals surface area contributed by atoms with Gasteiger partial charge < -0.3 is 5.73 Å². The first-order chi connectivity index (χ1) is 7.31. The number of nitrogens with zero attached hydrogens (tertiary/aromatic N) is 2. The minimum atomic E-state index is 0.748. The highest BCUT2D eigenvalue weighted by Gasteiger charge is 2.03. The fourth-order valence-corrected chi connectivity index (χ4v) is 1.45. The van der Waals surface area contributed by atoms with Crippen LogP contribution in [0.1, 0.15) is 12.7 Å². The predicted molar refractivity (Wildman–Crippen MR) is 61.3 cm³/mol. The Morgan fingerprint density at radius 2 is 2.00 bits per heavy atom. The molecular weight excluding hydrogens is 186 g/mol. The van der Waals surface area contributed by atoms with Crippen LogP contribution in [-0.2, 0) is 6.42 Å². The third-order valence-corrected chi connectivity index (χ3v) is 2.26. The van der Waals surface area contributed by atoms with Crippen LogP contribution >= 0.6 is 0 Å². The van der Waals surface area contributed by atoms with Crippen LogP contribution in [0.4, 0.5) is 5.69 Å². The number of para-hydroxylation sites is 1. The van der Waals surface area contributed by atoms with Gasteiger partial charge in [0.05, 0.1) is 5.69 Å². The van der Waals surface area contributed by atoms with Gasteiger partial charge in [-0.15, -0.1) is 0 Å². The molecule has 1 heterocycles. The van der Waals surface area contributed by atoms with Gasteiger partial charge in [-0.05, 0) is 12.1 Å². The first kappa shape index (κ1) is 9.65. The average molecular weight is 199 g/mol. The molecule has 0 amide bonds. The average Bonchev–Trinajstić information content (AvgIpc) is 2.30. The molecule has 0 saturated carbocycles. The molecule has 2 rings (SSSR count). The number of hydrogen-bond donors (Lipinski definition) is 1. The molecular formula is C12H13N3. The molecule has 0 aliphatic carbocycles. The second-order valence-electron chi connectivity index (χ2n) is 3.30. The Balaban J connectivity index is 2.49. The Morgan fingerprint density at radius 3 is 2.73 bits per heavy atom. The highest BCUT2D eigenvalue weighted by Crippen LogP contribution is 2.22. The number of anilines is 1. The third-order valence-electron chi connectivity index (χ3n) is 2.26. The van der Waals surface area contributed by atoms with E-state index in [1.54, 1.807) is 6.20 Å². The summed E-state index contributed by atoms with van der Waals surface area (Å²) in [4.78, 5) is 8.59. The quantitative estimate of drug-likeness (QED) is 0.755. The standard InChI is InChI=1S/C12H13N3/c1-2-12-14-8-7-11(15-12)9-5-3-4-6-10(9)13/h3-8H,2,13H2,1H3. The van der Waals surface area contributed by atoms with E-state index >= 15 is 0 Å². The van der Waals surface area contributed by atoms with Crippen LogP contribution in [0.5, 0.6) is 0 Å². The first-order valence-corrected chi connectivity index (χ1v) is 4.98. The van der Waals surface area contributed by atoms with Gasteiger partial charge in [-0.3, -0.25) is 0 Å². The van der Waals surface area contributed by atoms with Crippen LogP contribution in [0.2, 0.25) is 0 Å². The summed E-state index contributed by atoms with van der Waals surface area (Å²) in [6, 6.07) is 9.60. The molecule has 1 aromatic carbocycles. The van der Waals surface area contributed by atoms with Crippen LogP contribution in [0.25, 0.3) is 11.3 Å². The van der Waals surface area contributed by atoms with E-state index in [4.69, 9.17) is 5.73 Å². The Bertz CT molecular complexity index is 466. The normalized spacial score (nSPS) is 10.2. The molecule has 0 saturated heterocycles. The van der Waals surface area contributed by atoms with Gasteiger partial charge in [0.2, 0.25) is 0 Å². The lowest BCUT2D eigenvalue weighted by Gasteiger charge is -2.05. The van der Waals surface area contributed by atoms with Crippen molar-refractivity contribution in [2.45, 2.75) is 13.3 Å². The van der Waals surface area contributed by atoms with Gasteiger partial charge in [0.1, 0.15) is 5.82 Å². The zero-order valence-electron chi connectivity index (χ0n) is 8.64. The molecule has 2 N–H and O–H groups in total. The van der Waals surface area contributed by atoms with E-state index < -0.39 is 0 Å². The van der Waals surface area contributed by atoms with Crippen LogP contribution < -0.4 is 5.73 Å². The minimum Gasteiger partial charge on any atom is -0.398 e. The third kappa shape index (κ3) is 1.96. The number of nitrogens with two attached hydrogens (primary N) is 1. The summed E-state index contributed by atoms with van der Waals surface area (Å²) >= 11 is 0. The second-order valence-corrected chi connectivity index (χ2v) is 3.30. The van der Waals surface area contributed by atoms with Crippen molar-refractivity contribution >= 4 is 5.69 Å². The molecule has 0 spiro atoms. The van der Waals surface area contributed by atoms with Gasteiger partial charge in [-0.1, -0.05) is 25.1 Å². The first-order valence-electron chi connectivity index (χ1n) is 4.98. The van der Waals surface area contributed by atoms with Gasteiger partial charge in [-0.2, -0.15) is 0 Å². The van der Waals surface area contributed by atoms with Crippen LogP contribution in [0.15, 0.2) is 36.5 Å². The molecule has 0 fully saturated rings. The number of rotatable bonds is 2. The van der Waals surface area contributed by atoms with Gasteiger partial charge >= 0.3 is 0 Å². The number of aromatic nitrogens is 2. The second kappa shape index (κ2) is 4.09. The van der Waals surface area contributed by atoms with E-state index in [0.29, 0.717) is 0 Å². The van der Waals surface area contributed by atoms with Crippen LogP contribution in [0.3, 0.4) is 0 Å². The Morgan fingerprint density at radius 1 is 1.20 bits per heavy atom. The summed E-state index contributed by atoms with van der Waals surface area (Å²) < 4.78 is 0. The highest BCUT2D eigenvalue weighted by atomic mass is 14.9. The van der Waals surface area contributed by atoms with E-state index in [1.807, 2.05) is 37.3 Å². The topological polar surface area (TPSA) is 51.8 Å². The van der Waals surface area contributed by atoms with E-state index in [-0.39, 0.29) is 0 Å². The molecule has 0 radical (unpaired) electrons. The highest BCUT2D eigenvalue weighted by molar-refractivity contribution is 5.73. The fraction of sp³-hybridized carbons (Fsp3) is 0.167. The summed E-state index contributed by atoms with van der Waals surface area (Å²) in [5.41, 5.74) is 8.49. The minimum absolute atomic E-state index is 0.748. The van der Waals surface area contributed by atoms with Crippen molar-refractivity contribution in [1.29, 1.82) is 0 Å². The smallest absolute Gasteiger partial charge is 0.128 e. The van der Waals surface area contributed by atoms with Crippen molar-refractivity contribution in [3.8, 4) is 11.3 Å². The monoisotopic (exact) mass is 199 g/mol. The molecule has 0 atom stereocenters. The number of aryl methyl sites for hydroxylation is 1. The molecule has 0 aliphatic heterocycles. The number of nitrogen functional groups attached to an aromatic ring is 1. The maximum atomic E-state index is 5.88. The maximum absolute atomic E-state index is 5.88. The summed E-state index contributed by atoms with van der Waals surface area (Å²) in [6.07, 6.45) is 2.61. The fourth-order valence-electron chi connectivity index (χ4n) is 1.45. The van der Waals surface area contributed by atoms with Crippen molar-refractivity contribution in [2.24, 2.45) is 0 Å². The van der Waals surface area contributed by atoms with Crippen molar-refractivity contribution in [3.63, 3.8) is 0 Å². The van der Waals surface area contributed by atoms with Crippen LogP contribution in [0, 0.1) is 0 Å². The lowest BCUT2D eigenvalue weighted by molar-refractivity contribution is 0.943. The molecule has 2 aromatic rings. The lowest BCUT2D eigenvalue weighted by Crippen LogP contribution is -1.96. The Hall–Kier alpha value is -1.90.